The van der Waals surface area contributed by atoms with Gasteiger partial charge in [-0.15, -0.1) is 11.3 Å². The molecule has 0 fully saturated rings. The number of furan rings is 1. The van der Waals surface area contributed by atoms with E-state index in [-0.39, 0.29) is 12.3 Å². The van der Waals surface area contributed by atoms with Crippen molar-refractivity contribution in [1.82, 2.24) is 10.3 Å². The number of rotatable bonds is 5. The normalized spacial score (nSPS) is 10.6. The Morgan fingerprint density at radius 1 is 1.32 bits per heavy atom. The number of carbonyl (C=O) groups excluding carboxylic acids is 1. The fourth-order valence-electron chi connectivity index (χ4n) is 1.97. The van der Waals surface area contributed by atoms with E-state index < -0.39 is 0 Å². The van der Waals surface area contributed by atoms with Crippen molar-refractivity contribution in [1.29, 1.82) is 0 Å². The van der Waals surface area contributed by atoms with Crippen molar-refractivity contribution in [3.05, 3.63) is 63.3 Å². The minimum Gasteiger partial charge on any atom is -0.467 e. The molecule has 2 heterocycles. The maximum atomic E-state index is 11.9. The van der Waals surface area contributed by atoms with Crippen LogP contribution in [0.4, 0.5) is 0 Å². The SMILES string of the molecule is O=C(Cc1nc(-c2cccc(Br)c2)cs1)NCc1ccco1. The van der Waals surface area contributed by atoms with Gasteiger partial charge in [-0.05, 0) is 24.3 Å². The number of benzene rings is 1. The second-order valence-corrected chi connectivity index (χ2v) is 6.53. The maximum Gasteiger partial charge on any atom is 0.227 e. The monoisotopic (exact) mass is 376 g/mol. The fourth-order valence-corrected chi connectivity index (χ4v) is 3.17. The quantitative estimate of drug-likeness (QED) is 0.731. The Hall–Kier alpha value is -1.92. The van der Waals surface area contributed by atoms with Crippen LogP contribution in [-0.2, 0) is 17.8 Å². The van der Waals surface area contributed by atoms with E-state index in [9.17, 15) is 4.79 Å². The number of thiazole rings is 1. The fraction of sp³-hybridized carbons (Fsp3) is 0.125. The highest BCUT2D eigenvalue weighted by Crippen LogP contribution is 2.24. The summed E-state index contributed by atoms with van der Waals surface area (Å²) in [5.74, 6) is 0.675. The van der Waals surface area contributed by atoms with Crippen LogP contribution in [0, 0.1) is 0 Å². The smallest absolute Gasteiger partial charge is 0.227 e. The molecule has 3 rings (SSSR count). The summed E-state index contributed by atoms with van der Waals surface area (Å²) >= 11 is 4.94. The van der Waals surface area contributed by atoms with Crippen molar-refractivity contribution in [3.8, 4) is 11.3 Å². The van der Waals surface area contributed by atoms with Crippen LogP contribution in [0.3, 0.4) is 0 Å². The van der Waals surface area contributed by atoms with Gasteiger partial charge in [0.1, 0.15) is 10.8 Å². The predicted molar refractivity (Wildman–Crippen MR) is 89.5 cm³/mol. The zero-order chi connectivity index (χ0) is 15.4. The number of nitrogens with zero attached hydrogens (tertiary/aromatic N) is 1. The van der Waals surface area contributed by atoms with Crippen LogP contribution in [0.5, 0.6) is 0 Å². The standard InChI is InChI=1S/C16H13BrN2O2S/c17-12-4-1-3-11(7-12)14-10-22-16(19-14)8-15(20)18-9-13-5-2-6-21-13/h1-7,10H,8-9H2,(H,18,20). The summed E-state index contributed by atoms with van der Waals surface area (Å²) in [5, 5.41) is 5.59. The summed E-state index contributed by atoms with van der Waals surface area (Å²) in [6.45, 7) is 0.399. The van der Waals surface area contributed by atoms with Crippen molar-refractivity contribution >= 4 is 33.2 Å². The first-order valence-electron chi connectivity index (χ1n) is 6.70. The lowest BCUT2D eigenvalue weighted by Gasteiger charge is -2.01. The van der Waals surface area contributed by atoms with Crippen molar-refractivity contribution in [2.24, 2.45) is 0 Å². The number of nitrogens with one attached hydrogen (secondary N) is 1. The van der Waals surface area contributed by atoms with E-state index in [2.05, 4.69) is 26.2 Å². The van der Waals surface area contributed by atoms with Crippen LogP contribution >= 0.6 is 27.3 Å². The Labute approximate surface area is 140 Å². The lowest BCUT2D eigenvalue weighted by Crippen LogP contribution is -2.24. The summed E-state index contributed by atoms with van der Waals surface area (Å²) < 4.78 is 6.19. The van der Waals surface area contributed by atoms with Gasteiger partial charge in [-0.2, -0.15) is 0 Å². The van der Waals surface area contributed by atoms with E-state index >= 15 is 0 Å². The average Bonchev–Trinajstić information content (AvgIpc) is 3.16. The molecule has 0 saturated carbocycles. The maximum absolute atomic E-state index is 11.9. The van der Waals surface area contributed by atoms with Crippen LogP contribution < -0.4 is 5.32 Å². The van der Waals surface area contributed by atoms with E-state index in [0.717, 1.165) is 26.5 Å². The summed E-state index contributed by atoms with van der Waals surface area (Å²) in [5.41, 5.74) is 1.92. The number of amides is 1. The van der Waals surface area contributed by atoms with Crippen LogP contribution in [0.15, 0.2) is 56.9 Å². The molecule has 0 aliphatic heterocycles. The Balaban J connectivity index is 1.60. The highest BCUT2D eigenvalue weighted by Gasteiger charge is 2.09. The van der Waals surface area contributed by atoms with E-state index in [0.29, 0.717) is 6.54 Å². The summed E-state index contributed by atoms with van der Waals surface area (Å²) in [4.78, 5) is 16.4. The molecule has 0 radical (unpaired) electrons. The third kappa shape index (κ3) is 3.84. The highest BCUT2D eigenvalue weighted by molar-refractivity contribution is 9.10. The van der Waals surface area contributed by atoms with Crippen LogP contribution in [0.25, 0.3) is 11.3 Å². The van der Waals surface area contributed by atoms with Crippen molar-refractivity contribution < 1.29 is 9.21 Å². The molecular formula is C16H13BrN2O2S. The van der Waals surface area contributed by atoms with Crippen molar-refractivity contribution in [2.75, 3.05) is 0 Å². The molecule has 6 heteroatoms. The van der Waals surface area contributed by atoms with Crippen molar-refractivity contribution in [3.63, 3.8) is 0 Å². The third-order valence-corrected chi connectivity index (χ3v) is 4.37. The van der Waals surface area contributed by atoms with E-state index in [1.807, 2.05) is 35.7 Å². The Morgan fingerprint density at radius 3 is 3.00 bits per heavy atom. The topological polar surface area (TPSA) is 55.1 Å². The molecule has 0 unspecified atom stereocenters. The van der Waals surface area contributed by atoms with Crippen LogP contribution in [0.1, 0.15) is 10.8 Å². The highest BCUT2D eigenvalue weighted by atomic mass is 79.9. The Morgan fingerprint density at radius 2 is 2.23 bits per heavy atom. The lowest BCUT2D eigenvalue weighted by molar-refractivity contribution is -0.120. The molecule has 112 valence electrons. The molecule has 2 aromatic heterocycles. The van der Waals surface area contributed by atoms with Crippen LogP contribution in [-0.4, -0.2) is 10.9 Å². The first-order chi connectivity index (χ1) is 10.7. The molecule has 0 atom stereocenters. The van der Waals surface area contributed by atoms with Gasteiger partial charge in [0, 0.05) is 15.4 Å². The molecule has 3 aromatic rings. The second-order valence-electron chi connectivity index (χ2n) is 4.67. The molecule has 22 heavy (non-hydrogen) atoms. The van der Waals surface area contributed by atoms with Gasteiger partial charge in [0.2, 0.25) is 5.91 Å². The molecule has 0 aliphatic rings. The minimum absolute atomic E-state index is 0.0634. The molecule has 0 saturated heterocycles. The Kier molecular flexibility index (Phi) is 4.70. The minimum atomic E-state index is -0.0634. The van der Waals surface area contributed by atoms with Crippen molar-refractivity contribution in [2.45, 2.75) is 13.0 Å². The van der Waals surface area contributed by atoms with Crippen LogP contribution in [0.2, 0.25) is 0 Å². The summed E-state index contributed by atoms with van der Waals surface area (Å²) in [6.07, 6.45) is 1.87. The van der Waals surface area contributed by atoms with Gasteiger partial charge in [0.05, 0.1) is 24.9 Å². The first kappa shape index (κ1) is 15.0. The van der Waals surface area contributed by atoms with Gasteiger partial charge in [-0.1, -0.05) is 28.1 Å². The Bertz CT molecular complexity index is 768. The van der Waals surface area contributed by atoms with E-state index in [1.165, 1.54) is 11.3 Å². The molecule has 0 bridgehead atoms. The molecule has 0 spiro atoms. The third-order valence-electron chi connectivity index (χ3n) is 3.02. The largest absolute Gasteiger partial charge is 0.467 e. The lowest BCUT2D eigenvalue weighted by atomic mass is 10.2. The molecule has 1 amide bonds. The van der Waals surface area contributed by atoms with Gasteiger partial charge < -0.3 is 9.73 Å². The predicted octanol–water partition coefficient (Wildman–Crippen LogP) is 4.02. The van der Waals surface area contributed by atoms with E-state index in [1.54, 1.807) is 12.3 Å². The average molecular weight is 377 g/mol. The molecule has 1 N–H and O–H groups in total. The second kappa shape index (κ2) is 6.89. The zero-order valence-corrected chi connectivity index (χ0v) is 14.0. The van der Waals surface area contributed by atoms with Gasteiger partial charge in [0.15, 0.2) is 0 Å². The number of hydrogen-bond acceptors (Lipinski definition) is 4. The summed E-state index contributed by atoms with van der Waals surface area (Å²) in [7, 11) is 0. The molecule has 1 aromatic carbocycles. The van der Waals surface area contributed by atoms with Gasteiger partial charge in [-0.25, -0.2) is 4.98 Å². The molecule has 4 nitrogen and oxygen atoms in total. The number of aromatic nitrogens is 1. The number of hydrogen-bond donors (Lipinski definition) is 1. The zero-order valence-electron chi connectivity index (χ0n) is 11.6. The molecular weight excluding hydrogens is 364 g/mol. The van der Waals surface area contributed by atoms with Gasteiger partial charge >= 0.3 is 0 Å². The van der Waals surface area contributed by atoms with E-state index in [4.69, 9.17) is 4.42 Å². The first-order valence-corrected chi connectivity index (χ1v) is 8.37. The number of halogens is 1. The van der Waals surface area contributed by atoms with Gasteiger partial charge in [-0.3, -0.25) is 4.79 Å². The van der Waals surface area contributed by atoms with Gasteiger partial charge in [0.25, 0.3) is 0 Å². The number of carbonyl (C=O) groups is 1. The molecule has 0 aliphatic carbocycles. The summed E-state index contributed by atoms with van der Waals surface area (Å²) in [6, 6.07) is 11.6.